The number of benzene rings is 5. The monoisotopic (exact) mass is 698 g/mol. The molecule has 0 bridgehead atoms. The summed E-state index contributed by atoms with van der Waals surface area (Å²) in [5.41, 5.74) is 20.0. The van der Waals surface area contributed by atoms with Gasteiger partial charge in [-0.15, -0.1) is 0 Å². The van der Waals surface area contributed by atoms with Gasteiger partial charge in [0, 0.05) is 45.2 Å². The van der Waals surface area contributed by atoms with Crippen molar-refractivity contribution in [1.29, 1.82) is 0 Å². The summed E-state index contributed by atoms with van der Waals surface area (Å²) in [5, 5.41) is 0. The molecule has 0 heterocycles. The third-order valence-corrected chi connectivity index (χ3v) is 12.6. The fourth-order valence-corrected chi connectivity index (χ4v) is 9.90. The molecule has 0 amide bonds. The Balaban J connectivity index is 1.12. The first-order valence-electron chi connectivity index (χ1n) is 19.6. The molecule has 10 rings (SSSR count). The first-order valence-corrected chi connectivity index (χ1v) is 19.6. The molecule has 1 atom stereocenters. The highest BCUT2D eigenvalue weighted by Crippen LogP contribution is 2.60. The summed E-state index contributed by atoms with van der Waals surface area (Å²) in [5.74, 6) is 0.286. The Hall–Kier alpha value is -5.86. The molecule has 2 nitrogen and oxygen atoms in total. The zero-order valence-electron chi connectivity index (χ0n) is 31.7. The van der Waals surface area contributed by atoms with Crippen LogP contribution in [0.25, 0.3) is 16.7 Å². The van der Waals surface area contributed by atoms with E-state index in [0.29, 0.717) is 0 Å². The van der Waals surface area contributed by atoms with Gasteiger partial charge < -0.3 is 9.80 Å². The van der Waals surface area contributed by atoms with Crippen LogP contribution in [0, 0.1) is 5.92 Å². The van der Waals surface area contributed by atoms with Crippen molar-refractivity contribution < 1.29 is 0 Å². The Morgan fingerprint density at radius 3 is 1.78 bits per heavy atom. The summed E-state index contributed by atoms with van der Waals surface area (Å²) in [6.07, 6.45) is 19.4. The van der Waals surface area contributed by atoms with Crippen LogP contribution in [0.2, 0.25) is 0 Å². The Bertz CT molecular complexity index is 2460. The van der Waals surface area contributed by atoms with Gasteiger partial charge in [0.15, 0.2) is 0 Å². The molecule has 5 aliphatic rings. The van der Waals surface area contributed by atoms with E-state index in [9.17, 15) is 0 Å². The molecule has 0 radical (unpaired) electrons. The van der Waals surface area contributed by atoms with Crippen LogP contribution in [-0.4, -0.2) is 0 Å². The first-order chi connectivity index (χ1) is 26.3. The van der Waals surface area contributed by atoms with E-state index in [1.54, 1.807) is 0 Å². The van der Waals surface area contributed by atoms with Gasteiger partial charge in [-0.05, 0) is 142 Å². The second-order valence-electron chi connectivity index (χ2n) is 16.4. The van der Waals surface area contributed by atoms with E-state index in [0.717, 1.165) is 19.3 Å². The van der Waals surface area contributed by atoms with E-state index in [2.05, 4.69) is 201 Å². The molecule has 1 unspecified atom stereocenters. The van der Waals surface area contributed by atoms with Crippen molar-refractivity contribution in [3.63, 3.8) is 0 Å². The molecule has 0 N–H and O–H groups in total. The predicted molar refractivity (Wildman–Crippen MR) is 227 cm³/mol. The standard InChI is InChI=1S/C52H46N2/c1-51(2)45-31-39(53(35-19-9-5-10-20-35)36-21-11-6-12-22-36)29-30-40(45)43-32-47-44(33-46(43)51)50-42-28-18-17-27-41(42)49(34-48(50)52(47,3)4)54(37-23-13-7-14-24-37)38-25-15-8-16-26-38/h5-11,13-21,23-27,29-34,42H,12,22,28H2,1-4H3. The van der Waals surface area contributed by atoms with Crippen LogP contribution in [-0.2, 0) is 10.8 Å². The summed E-state index contributed by atoms with van der Waals surface area (Å²) < 4.78 is 0. The maximum absolute atomic E-state index is 2.60. The molecule has 5 aromatic rings. The molecule has 0 aromatic heterocycles. The fourth-order valence-electron chi connectivity index (χ4n) is 9.90. The average molecular weight is 699 g/mol. The van der Waals surface area contributed by atoms with E-state index in [-0.39, 0.29) is 16.7 Å². The Kier molecular flexibility index (Phi) is 7.49. The van der Waals surface area contributed by atoms with Crippen molar-refractivity contribution in [1.82, 2.24) is 0 Å². The van der Waals surface area contributed by atoms with Gasteiger partial charge in [-0.2, -0.15) is 0 Å². The van der Waals surface area contributed by atoms with Crippen LogP contribution < -0.4 is 9.80 Å². The number of hydrogen-bond donors (Lipinski definition) is 0. The molecule has 0 fully saturated rings. The minimum absolute atomic E-state index is 0.148. The predicted octanol–water partition coefficient (Wildman–Crippen LogP) is 13.6. The fraction of sp³-hybridized carbons (Fsp3) is 0.192. The molecule has 0 saturated carbocycles. The maximum atomic E-state index is 2.60. The summed E-state index contributed by atoms with van der Waals surface area (Å²) in [7, 11) is 0. The van der Waals surface area contributed by atoms with Crippen LogP contribution in [0.4, 0.5) is 22.7 Å². The number of para-hydroxylation sites is 3. The molecular formula is C52H46N2. The lowest BCUT2D eigenvalue weighted by atomic mass is 9.73. The SMILES string of the molecule is CC1(C)C2=C(c3cc4c(cc31)-c1ccc(N(C3=CC=CCC3)c3ccccc3)cc1C4(C)C)C1CC=CC=C1C(N(c1ccccc1)c1ccccc1)=C2. The normalized spacial score (nSPS) is 19.5. The Morgan fingerprint density at radius 1 is 0.537 bits per heavy atom. The smallest absolute Gasteiger partial charge is 0.0503 e. The number of anilines is 4. The number of fused-ring (bicyclic) bond motifs is 7. The summed E-state index contributed by atoms with van der Waals surface area (Å²) in [6.45, 7) is 9.77. The molecule has 0 saturated heterocycles. The lowest BCUT2D eigenvalue weighted by molar-refractivity contribution is 0.642. The lowest BCUT2D eigenvalue weighted by Gasteiger charge is -2.38. The van der Waals surface area contributed by atoms with E-state index in [1.807, 2.05) is 0 Å². The lowest BCUT2D eigenvalue weighted by Crippen LogP contribution is -2.27. The van der Waals surface area contributed by atoms with Crippen molar-refractivity contribution in [2.75, 3.05) is 9.80 Å². The molecule has 2 heteroatoms. The van der Waals surface area contributed by atoms with E-state index in [1.165, 1.54) is 84.2 Å². The molecule has 0 aliphatic heterocycles. The average Bonchev–Trinajstić information content (AvgIpc) is 3.57. The van der Waals surface area contributed by atoms with Crippen molar-refractivity contribution in [2.45, 2.75) is 57.8 Å². The first kappa shape index (κ1) is 32.8. The summed E-state index contributed by atoms with van der Waals surface area (Å²) in [4.78, 5) is 4.93. The molecule has 5 aliphatic carbocycles. The second-order valence-corrected chi connectivity index (χ2v) is 16.4. The molecule has 54 heavy (non-hydrogen) atoms. The van der Waals surface area contributed by atoms with Gasteiger partial charge in [0.1, 0.15) is 0 Å². The van der Waals surface area contributed by atoms with Crippen molar-refractivity contribution >= 4 is 28.3 Å². The molecule has 5 aromatic carbocycles. The minimum atomic E-state index is -0.158. The van der Waals surface area contributed by atoms with Gasteiger partial charge in [0.05, 0.1) is 5.70 Å². The topological polar surface area (TPSA) is 6.48 Å². The van der Waals surface area contributed by atoms with Gasteiger partial charge >= 0.3 is 0 Å². The quantitative estimate of drug-likeness (QED) is 0.174. The van der Waals surface area contributed by atoms with Crippen LogP contribution in [0.3, 0.4) is 0 Å². The van der Waals surface area contributed by atoms with Crippen LogP contribution in [0.1, 0.15) is 69.2 Å². The third-order valence-electron chi connectivity index (χ3n) is 12.6. The van der Waals surface area contributed by atoms with Crippen molar-refractivity contribution in [3.8, 4) is 11.1 Å². The largest absolute Gasteiger partial charge is 0.314 e. The molecule has 0 spiro atoms. The summed E-state index contributed by atoms with van der Waals surface area (Å²) >= 11 is 0. The Morgan fingerprint density at radius 2 is 1.13 bits per heavy atom. The van der Waals surface area contributed by atoms with Gasteiger partial charge in [0.2, 0.25) is 0 Å². The highest BCUT2D eigenvalue weighted by molar-refractivity contribution is 5.94. The van der Waals surface area contributed by atoms with E-state index < -0.39 is 0 Å². The van der Waals surface area contributed by atoms with E-state index in [4.69, 9.17) is 0 Å². The molecular weight excluding hydrogens is 653 g/mol. The van der Waals surface area contributed by atoms with Gasteiger partial charge in [-0.25, -0.2) is 0 Å². The Labute approximate surface area is 320 Å². The van der Waals surface area contributed by atoms with Gasteiger partial charge in [-0.1, -0.05) is 119 Å². The van der Waals surface area contributed by atoms with Crippen molar-refractivity contribution in [2.24, 2.45) is 5.92 Å². The summed E-state index contributed by atoms with van der Waals surface area (Å²) in [6, 6.07) is 45.0. The van der Waals surface area contributed by atoms with Crippen LogP contribution in [0.5, 0.6) is 0 Å². The maximum Gasteiger partial charge on any atom is 0.0503 e. The van der Waals surface area contributed by atoms with Gasteiger partial charge in [-0.3, -0.25) is 0 Å². The number of allylic oxidation sites excluding steroid dienone is 11. The highest BCUT2D eigenvalue weighted by Gasteiger charge is 2.47. The van der Waals surface area contributed by atoms with Crippen LogP contribution in [0.15, 0.2) is 186 Å². The zero-order valence-corrected chi connectivity index (χ0v) is 31.7. The number of hydrogen-bond acceptors (Lipinski definition) is 2. The van der Waals surface area contributed by atoms with Crippen LogP contribution >= 0.6 is 0 Å². The van der Waals surface area contributed by atoms with Crippen molar-refractivity contribution in [3.05, 3.63) is 209 Å². The number of nitrogens with zero attached hydrogens (tertiary/aromatic N) is 2. The van der Waals surface area contributed by atoms with Gasteiger partial charge in [0.25, 0.3) is 0 Å². The second kappa shape index (κ2) is 12.4. The number of rotatable bonds is 6. The highest BCUT2D eigenvalue weighted by atomic mass is 15.2. The van der Waals surface area contributed by atoms with E-state index >= 15 is 0 Å². The minimum Gasteiger partial charge on any atom is -0.314 e. The third kappa shape index (κ3) is 4.93. The molecule has 264 valence electrons. The zero-order chi connectivity index (χ0) is 36.6.